The first-order valence-corrected chi connectivity index (χ1v) is 5.84. The maximum atomic E-state index is 11.7. The standard InChI is InChI=1S/C14H14N2O3/c1-19-14(18)8-13(17)12-4-2-11(3-5-12)9-16-7-6-15-10-16/h2-7,10H,8-9H2,1H3. The zero-order chi connectivity index (χ0) is 13.7. The van der Waals surface area contributed by atoms with Crippen molar-refractivity contribution in [1.82, 2.24) is 9.55 Å². The molecule has 2 rings (SSSR count). The third kappa shape index (κ3) is 3.51. The molecule has 0 spiro atoms. The smallest absolute Gasteiger partial charge is 0.313 e. The Morgan fingerprint density at radius 3 is 2.58 bits per heavy atom. The molecule has 19 heavy (non-hydrogen) atoms. The Morgan fingerprint density at radius 1 is 1.26 bits per heavy atom. The third-order valence-corrected chi connectivity index (χ3v) is 2.73. The maximum Gasteiger partial charge on any atom is 0.313 e. The van der Waals surface area contributed by atoms with Gasteiger partial charge >= 0.3 is 5.97 Å². The number of benzene rings is 1. The Hall–Kier alpha value is -2.43. The van der Waals surface area contributed by atoms with Crippen LogP contribution in [-0.4, -0.2) is 28.4 Å². The van der Waals surface area contributed by atoms with Crippen LogP contribution >= 0.6 is 0 Å². The van der Waals surface area contributed by atoms with Crippen molar-refractivity contribution in [3.05, 3.63) is 54.1 Å². The second-order valence-corrected chi connectivity index (χ2v) is 4.11. The molecule has 2 aromatic rings. The summed E-state index contributed by atoms with van der Waals surface area (Å²) in [6.45, 7) is 0.700. The number of aromatic nitrogens is 2. The summed E-state index contributed by atoms with van der Waals surface area (Å²) in [5, 5.41) is 0. The normalized spacial score (nSPS) is 10.2. The number of imidazole rings is 1. The molecule has 0 fully saturated rings. The molecule has 0 unspecified atom stereocenters. The van der Waals surface area contributed by atoms with Gasteiger partial charge in [-0.1, -0.05) is 24.3 Å². The van der Waals surface area contributed by atoms with Crippen molar-refractivity contribution >= 4 is 11.8 Å². The summed E-state index contributed by atoms with van der Waals surface area (Å²) in [6, 6.07) is 7.17. The molecule has 0 saturated heterocycles. The molecule has 0 aliphatic carbocycles. The fourth-order valence-electron chi connectivity index (χ4n) is 1.69. The molecular weight excluding hydrogens is 244 g/mol. The Kier molecular flexibility index (Phi) is 4.07. The van der Waals surface area contributed by atoms with E-state index in [0.29, 0.717) is 12.1 Å². The second-order valence-electron chi connectivity index (χ2n) is 4.11. The molecule has 0 aliphatic heterocycles. The van der Waals surface area contributed by atoms with E-state index in [2.05, 4.69) is 9.72 Å². The van der Waals surface area contributed by atoms with Crippen molar-refractivity contribution in [2.75, 3.05) is 7.11 Å². The Labute approximate surface area is 110 Å². The number of carbonyl (C=O) groups excluding carboxylic acids is 2. The summed E-state index contributed by atoms with van der Waals surface area (Å²) >= 11 is 0. The minimum atomic E-state index is -0.521. The van der Waals surface area contributed by atoms with E-state index in [9.17, 15) is 9.59 Å². The first-order chi connectivity index (χ1) is 9.19. The predicted molar refractivity (Wildman–Crippen MR) is 68.7 cm³/mol. The molecule has 0 saturated carbocycles. The lowest BCUT2D eigenvalue weighted by atomic mass is 10.1. The molecule has 0 atom stereocenters. The van der Waals surface area contributed by atoms with Crippen LogP contribution in [0.2, 0.25) is 0 Å². The fourth-order valence-corrected chi connectivity index (χ4v) is 1.69. The molecular formula is C14H14N2O3. The summed E-state index contributed by atoms with van der Waals surface area (Å²) in [5.74, 6) is -0.756. The van der Waals surface area contributed by atoms with Crippen LogP contribution in [0.15, 0.2) is 43.0 Å². The van der Waals surface area contributed by atoms with Crippen LogP contribution < -0.4 is 0 Å². The van der Waals surface area contributed by atoms with Crippen molar-refractivity contribution in [3.8, 4) is 0 Å². The molecule has 0 radical (unpaired) electrons. The van der Waals surface area contributed by atoms with Gasteiger partial charge in [-0.3, -0.25) is 9.59 Å². The van der Waals surface area contributed by atoms with Gasteiger partial charge in [-0.2, -0.15) is 0 Å². The lowest BCUT2D eigenvalue weighted by molar-refractivity contribution is -0.139. The van der Waals surface area contributed by atoms with Crippen LogP contribution in [-0.2, 0) is 16.1 Å². The van der Waals surface area contributed by atoms with Gasteiger partial charge in [0.25, 0.3) is 0 Å². The fraction of sp³-hybridized carbons (Fsp3) is 0.214. The van der Waals surface area contributed by atoms with E-state index in [-0.39, 0.29) is 12.2 Å². The topological polar surface area (TPSA) is 61.2 Å². The number of hydrogen-bond donors (Lipinski definition) is 0. The van der Waals surface area contributed by atoms with E-state index in [1.807, 2.05) is 22.9 Å². The lowest BCUT2D eigenvalue weighted by Crippen LogP contribution is -2.09. The van der Waals surface area contributed by atoms with Gasteiger partial charge in [-0.05, 0) is 5.56 Å². The number of nitrogens with zero attached hydrogens (tertiary/aromatic N) is 2. The summed E-state index contributed by atoms with van der Waals surface area (Å²) in [4.78, 5) is 26.7. The molecule has 0 bridgehead atoms. The van der Waals surface area contributed by atoms with Gasteiger partial charge in [0.05, 0.1) is 13.4 Å². The highest BCUT2D eigenvalue weighted by Crippen LogP contribution is 2.09. The van der Waals surface area contributed by atoms with Gasteiger partial charge in [0.2, 0.25) is 0 Å². The van der Waals surface area contributed by atoms with E-state index >= 15 is 0 Å². The summed E-state index contributed by atoms with van der Waals surface area (Å²) in [7, 11) is 1.27. The molecule has 1 aromatic carbocycles. The number of esters is 1. The molecule has 0 aliphatic rings. The summed E-state index contributed by atoms with van der Waals surface area (Å²) in [6.07, 6.45) is 5.10. The molecule has 1 heterocycles. The van der Waals surface area contributed by atoms with E-state index in [0.717, 1.165) is 5.56 Å². The number of hydrogen-bond acceptors (Lipinski definition) is 4. The summed E-state index contributed by atoms with van der Waals surface area (Å²) in [5.41, 5.74) is 1.58. The number of ketones is 1. The summed E-state index contributed by atoms with van der Waals surface area (Å²) < 4.78 is 6.40. The largest absolute Gasteiger partial charge is 0.469 e. The molecule has 0 amide bonds. The average molecular weight is 258 g/mol. The van der Waals surface area contributed by atoms with Crippen molar-refractivity contribution in [2.24, 2.45) is 0 Å². The minimum Gasteiger partial charge on any atom is -0.469 e. The van der Waals surface area contributed by atoms with Crippen LogP contribution in [0.1, 0.15) is 22.3 Å². The highest BCUT2D eigenvalue weighted by Gasteiger charge is 2.11. The zero-order valence-corrected chi connectivity index (χ0v) is 10.6. The van der Waals surface area contributed by atoms with Crippen molar-refractivity contribution < 1.29 is 14.3 Å². The van der Waals surface area contributed by atoms with Crippen LogP contribution in [0.3, 0.4) is 0 Å². The second kappa shape index (κ2) is 5.95. The van der Waals surface area contributed by atoms with Gasteiger partial charge in [-0.25, -0.2) is 4.98 Å². The van der Waals surface area contributed by atoms with E-state index in [1.54, 1.807) is 24.7 Å². The monoisotopic (exact) mass is 258 g/mol. The SMILES string of the molecule is COC(=O)CC(=O)c1ccc(Cn2ccnc2)cc1. The highest BCUT2D eigenvalue weighted by atomic mass is 16.5. The maximum absolute atomic E-state index is 11.7. The Balaban J connectivity index is 2.02. The van der Waals surface area contributed by atoms with E-state index in [1.165, 1.54) is 7.11 Å². The van der Waals surface area contributed by atoms with E-state index in [4.69, 9.17) is 0 Å². The van der Waals surface area contributed by atoms with Crippen LogP contribution in [0, 0.1) is 0 Å². The number of ether oxygens (including phenoxy) is 1. The molecule has 5 heteroatoms. The molecule has 5 nitrogen and oxygen atoms in total. The van der Waals surface area contributed by atoms with Gasteiger partial charge in [0.15, 0.2) is 5.78 Å². The number of Topliss-reactive ketones (excluding diaryl/α,β-unsaturated/α-hetero) is 1. The minimum absolute atomic E-state index is 0.225. The van der Waals surface area contributed by atoms with Gasteiger partial charge in [0, 0.05) is 24.5 Å². The van der Waals surface area contributed by atoms with Gasteiger partial charge in [-0.15, -0.1) is 0 Å². The lowest BCUT2D eigenvalue weighted by Gasteiger charge is -2.04. The Morgan fingerprint density at radius 2 is 2.00 bits per heavy atom. The Bertz CT molecular complexity index is 559. The van der Waals surface area contributed by atoms with Gasteiger partial charge in [0.1, 0.15) is 6.42 Å². The van der Waals surface area contributed by atoms with Crippen molar-refractivity contribution in [2.45, 2.75) is 13.0 Å². The quantitative estimate of drug-likeness (QED) is 0.465. The van der Waals surface area contributed by atoms with Crippen LogP contribution in [0.5, 0.6) is 0 Å². The van der Waals surface area contributed by atoms with E-state index < -0.39 is 5.97 Å². The number of rotatable bonds is 5. The first kappa shape index (κ1) is 13.0. The predicted octanol–water partition coefficient (Wildman–Crippen LogP) is 1.68. The zero-order valence-electron chi connectivity index (χ0n) is 10.6. The molecule has 98 valence electrons. The van der Waals surface area contributed by atoms with Crippen molar-refractivity contribution in [1.29, 1.82) is 0 Å². The third-order valence-electron chi connectivity index (χ3n) is 2.73. The van der Waals surface area contributed by atoms with Crippen LogP contribution in [0.4, 0.5) is 0 Å². The molecule has 0 N–H and O–H groups in total. The number of carbonyl (C=O) groups is 2. The first-order valence-electron chi connectivity index (χ1n) is 5.84. The van der Waals surface area contributed by atoms with Crippen LogP contribution in [0.25, 0.3) is 0 Å². The molecule has 1 aromatic heterocycles. The number of methoxy groups -OCH3 is 1. The highest BCUT2D eigenvalue weighted by molar-refractivity contribution is 6.05. The van der Waals surface area contributed by atoms with Crippen molar-refractivity contribution in [3.63, 3.8) is 0 Å². The average Bonchev–Trinajstić information content (AvgIpc) is 2.92. The van der Waals surface area contributed by atoms with Gasteiger partial charge < -0.3 is 9.30 Å².